The van der Waals surface area contributed by atoms with Crippen molar-refractivity contribution in [1.82, 2.24) is 9.88 Å². The fourth-order valence-corrected chi connectivity index (χ4v) is 5.03. The third-order valence-corrected chi connectivity index (χ3v) is 7.02. The van der Waals surface area contributed by atoms with Crippen LogP contribution in [-0.2, 0) is 4.74 Å². The summed E-state index contributed by atoms with van der Waals surface area (Å²) < 4.78 is 20.2. The smallest absolute Gasteiger partial charge is 0.273 e. The van der Waals surface area contributed by atoms with E-state index in [-0.39, 0.29) is 35.9 Å². The van der Waals surface area contributed by atoms with E-state index in [2.05, 4.69) is 10.3 Å². The summed E-state index contributed by atoms with van der Waals surface area (Å²) in [5, 5.41) is 22.9. The van der Waals surface area contributed by atoms with Crippen molar-refractivity contribution in [3.05, 3.63) is 65.1 Å². The van der Waals surface area contributed by atoms with Crippen molar-refractivity contribution in [2.24, 2.45) is 5.73 Å². The summed E-state index contributed by atoms with van der Waals surface area (Å²) in [7, 11) is 0. The predicted molar refractivity (Wildman–Crippen MR) is 134 cm³/mol. The maximum absolute atomic E-state index is 14.9. The molecule has 2 unspecified atom stereocenters. The molecule has 36 heavy (non-hydrogen) atoms. The van der Waals surface area contributed by atoms with Gasteiger partial charge in [-0.3, -0.25) is 9.59 Å². The highest BCUT2D eigenvalue weighted by Gasteiger charge is 2.28. The Morgan fingerprint density at radius 1 is 1.33 bits per heavy atom. The lowest BCUT2D eigenvalue weighted by Crippen LogP contribution is -2.50. The summed E-state index contributed by atoms with van der Waals surface area (Å²) in [6.07, 6.45) is -0.306. The second-order valence-electron chi connectivity index (χ2n) is 8.32. The monoisotopic (exact) mass is 514 g/mol. The number of carbonyl (C=O) groups excluding carboxylic acids is 2. The molecule has 1 aromatic carbocycles. The highest BCUT2D eigenvalue weighted by molar-refractivity contribution is 7.20. The normalized spacial score (nSPS) is 16.6. The van der Waals surface area contributed by atoms with Crippen molar-refractivity contribution in [2.75, 3.05) is 31.7 Å². The molecule has 1 saturated heterocycles. The van der Waals surface area contributed by atoms with E-state index in [0.29, 0.717) is 40.8 Å². The molecule has 0 spiro atoms. The van der Waals surface area contributed by atoms with Crippen molar-refractivity contribution in [1.29, 1.82) is 0 Å². The van der Waals surface area contributed by atoms with E-state index >= 15 is 0 Å². The van der Waals surface area contributed by atoms with Gasteiger partial charge in [-0.25, -0.2) is 9.37 Å². The zero-order chi connectivity index (χ0) is 25.8. The van der Waals surface area contributed by atoms with Gasteiger partial charge in [-0.05, 0) is 36.2 Å². The fourth-order valence-electron chi connectivity index (χ4n) is 3.93. The van der Waals surface area contributed by atoms with Crippen molar-refractivity contribution in [2.45, 2.75) is 25.5 Å². The van der Waals surface area contributed by atoms with Crippen LogP contribution in [0.25, 0.3) is 10.4 Å². The molecule has 2 atom stereocenters. The molecule has 4 rings (SSSR count). The maximum atomic E-state index is 14.9. The first-order valence-electron chi connectivity index (χ1n) is 11.5. The quantitative estimate of drug-likeness (QED) is 0.362. The molecule has 0 radical (unpaired) electrons. The largest absolute Gasteiger partial charge is 0.394 e. The Morgan fingerprint density at radius 2 is 2.14 bits per heavy atom. The molecule has 0 bridgehead atoms. The Labute approximate surface area is 211 Å². The minimum Gasteiger partial charge on any atom is -0.394 e. The number of amides is 2. The summed E-state index contributed by atoms with van der Waals surface area (Å²) in [5.74, 6) is -1.28. The van der Waals surface area contributed by atoms with E-state index < -0.39 is 23.9 Å². The topological polar surface area (TPSA) is 138 Å². The molecular formula is C25H27FN4O5S. The molecule has 5 N–H and O–H groups in total. The molecule has 1 fully saturated rings. The number of nitrogens with zero attached hydrogens (tertiary/aromatic N) is 2. The number of hydrogen-bond donors (Lipinski definition) is 4. The maximum Gasteiger partial charge on any atom is 0.273 e. The molecule has 2 aromatic heterocycles. The van der Waals surface area contributed by atoms with Crippen molar-refractivity contribution in [3.63, 3.8) is 0 Å². The summed E-state index contributed by atoms with van der Waals surface area (Å²) >= 11 is 1.12. The first kappa shape index (κ1) is 25.7. The molecule has 0 aliphatic carbocycles. The Kier molecular flexibility index (Phi) is 7.94. The summed E-state index contributed by atoms with van der Waals surface area (Å²) in [6, 6.07) is 10.4. The lowest BCUT2D eigenvalue weighted by Gasteiger charge is -2.34. The number of aliphatic hydroxyl groups is 2. The summed E-state index contributed by atoms with van der Waals surface area (Å²) in [4.78, 5) is 31.5. The van der Waals surface area contributed by atoms with Crippen molar-refractivity contribution >= 4 is 34.0 Å². The number of thiophene rings is 1. The van der Waals surface area contributed by atoms with Gasteiger partial charge in [-0.1, -0.05) is 25.1 Å². The third-order valence-electron chi connectivity index (χ3n) is 5.94. The van der Waals surface area contributed by atoms with E-state index in [1.807, 2.05) is 0 Å². The number of nitrogens with two attached hydrogens (primary N) is 1. The SMILES string of the molecule is CCC(O)c1ccc(-c2cc(C(N)=O)c(Nc3cccc(C(=O)N4CCOCC4CO)n3)s2)c(F)c1. The van der Waals surface area contributed by atoms with E-state index in [1.54, 1.807) is 37.3 Å². The van der Waals surface area contributed by atoms with Crippen LogP contribution >= 0.6 is 11.3 Å². The zero-order valence-electron chi connectivity index (χ0n) is 19.6. The second kappa shape index (κ2) is 11.1. The minimum atomic E-state index is -0.763. The van der Waals surface area contributed by atoms with Crippen LogP contribution in [-0.4, -0.2) is 64.3 Å². The van der Waals surface area contributed by atoms with Gasteiger partial charge >= 0.3 is 0 Å². The number of hydrogen-bond acceptors (Lipinski definition) is 8. The van der Waals surface area contributed by atoms with Gasteiger partial charge in [-0.15, -0.1) is 11.3 Å². The van der Waals surface area contributed by atoms with Gasteiger partial charge in [0, 0.05) is 17.0 Å². The molecule has 190 valence electrons. The zero-order valence-corrected chi connectivity index (χ0v) is 20.4. The van der Waals surface area contributed by atoms with Gasteiger partial charge in [0.1, 0.15) is 22.3 Å². The molecule has 11 heteroatoms. The average molecular weight is 515 g/mol. The molecule has 3 heterocycles. The van der Waals surface area contributed by atoms with E-state index in [0.717, 1.165) is 11.3 Å². The van der Waals surface area contributed by atoms with Gasteiger partial charge in [0.15, 0.2) is 0 Å². The Morgan fingerprint density at radius 3 is 2.83 bits per heavy atom. The molecular weight excluding hydrogens is 487 g/mol. The molecule has 2 amide bonds. The Bertz CT molecular complexity index is 1270. The Hall–Kier alpha value is -3.38. The fraction of sp³-hybridized carbons (Fsp3) is 0.320. The molecule has 9 nitrogen and oxygen atoms in total. The third kappa shape index (κ3) is 5.39. The second-order valence-corrected chi connectivity index (χ2v) is 9.38. The van der Waals surface area contributed by atoms with Gasteiger partial charge in [0.25, 0.3) is 11.8 Å². The van der Waals surface area contributed by atoms with Crippen molar-refractivity contribution < 1.29 is 28.9 Å². The number of aliphatic hydroxyl groups excluding tert-OH is 2. The number of primary amides is 1. The first-order valence-corrected chi connectivity index (χ1v) is 12.3. The first-order chi connectivity index (χ1) is 17.3. The van der Waals surface area contributed by atoms with Gasteiger partial charge in [0.05, 0.1) is 37.5 Å². The van der Waals surface area contributed by atoms with E-state index in [9.17, 15) is 24.2 Å². The molecule has 1 aliphatic heterocycles. The average Bonchev–Trinajstić information content (AvgIpc) is 3.31. The number of morpholine rings is 1. The predicted octanol–water partition coefficient (Wildman–Crippen LogP) is 3.07. The summed E-state index contributed by atoms with van der Waals surface area (Å²) in [6.45, 7) is 2.53. The van der Waals surface area contributed by atoms with Crippen LogP contribution in [0.5, 0.6) is 0 Å². The number of anilines is 2. The lowest BCUT2D eigenvalue weighted by atomic mass is 10.0. The van der Waals surface area contributed by atoms with Crippen LogP contribution in [0.1, 0.15) is 45.9 Å². The van der Waals surface area contributed by atoms with E-state index in [4.69, 9.17) is 10.5 Å². The number of halogens is 1. The lowest BCUT2D eigenvalue weighted by molar-refractivity contribution is -0.0186. The van der Waals surface area contributed by atoms with Crippen LogP contribution in [0, 0.1) is 5.82 Å². The van der Waals surface area contributed by atoms with Gasteiger partial charge < -0.3 is 30.9 Å². The van der Waals surface area contributed by atoms with Crippen LogP contribution in [0.2, 0.25) is 0 Å². The highest BCUT2D eigenvalue weighted by Crippen LogP contribution is 2.38. The van der Waals surface area contributed by atoms with Crippen LogP contribution in [0.4, 0.5) is 15.2 Å². The Balaban J connectivity index is 1.61. The van der Waals surface area contributed by atoms with Crippen LogP contribution in [0.15, 0.2) is 42.5 Å². The highest BCUT2D eigenvalue weighted by atomic mass is 32.1. The number of nitrogens with one attached hydrogen (secondary N) is 1. The molecule has 3 aromatic rings. The van der Waals surface area contributed by atoms with E-state index in [1.165, 1.54) is 17.0 Å². The number of aromatic nitrogens is 1. The standard InChI is InChI=1S/C25H27FN4O5S/c1-2-20(32)14-6-7-16(18(26)10-14)21-11-17(23(27)33)24(36-21)29-22-5-3-4-19(28-22)25(34)30-8-9-35-13-15(30)12-31/h3-7,10-11,15,20,31-32H,2,8-9,12-13H2,1H3,(H2,27,33)(H,28,29). The summed E-state index contributed by atoms with van der Waals surface area (Å²) in [5.41, 5.74) is 6.62. The number of pyridine rings is 1. The molecule has 1 aliphatic rings. The van der Waals surface area contributed by atoms with Gasteiger partial charge in [-0.2, -0.15) is 0 Å². The van der Waals surface area contributed by atoms with Crippen LogP contribution < -0.4 is 11.1 Å². The number of carbonyl (C=O) groups is 2. The van der Waals surface area contributed by atoms with Crippen molar-refractivity contribution in [3.8, 4) is 10.4 Å². The molecule has 0 saturated carbocycles. The number of benzene rings is 1. The number of rotatable bonds is 8. The minimum absolute atomic E-state index is 0.152. The van der Waals surface area contributed by atoms with Gasteiger partial charge in [0.2, 0.25) is 0 Å². The number of ether oxygens (including phenoxy) is 1. The van der Waals surface area contributed by atoms with Crippen LogP contribution in [0.3, 0.4) is 0 Å².